The molecule has 4 unspecified atom stereocenters. The monoisotopic (exact) mass is 564 g/mol. The molecule has 0 aliphatic carbocycles. The normalized spacial score (nSPS) is 13.5. The molecule has 0 aromatic heterocycles. The first-order valence-corrected chi connectivity index (χ1v) is 12.3. The van der Waals surface area contributed by atoms with E-state index in [1.807, 2.05) is 0 Å². The summed E-state index contributed by atoms with van der Waals surface area (Å²) in [5.41, 5.74) is 22.1. The van der Waals surface area contributed by atoms with Crippen LogP contribution >= 0.6 is 0 Å². The molecule has 13 N–H and O–H groups in total. The number of carbonyl (C=O) groups is 6. The van der Waals surface area contributed by atoms with E-state index in [4.69, 9.17) is 28.0 Å². The number of nitrogens with two attached hydrogens (primary N) is 4. The molecule has 0 aliphatic heterocycles. The van der Waals surface area contributed by atoms with E-state index in [1.54, 1.807) is 30.3 Å². The fourth-order valence-corrected chi connectivity index (χ4v) is 3.47. The lowest BCUT2D eigenvalue weighted by Gasteiger charge is -2.25. The van der Waals surface area contributed by atoms with E-state index >= 15 is 0 Å². The number of aliphatic carboxylic acids is 2. The van der Waals surface area contributed by atoms with Gasteiger partial charge < -0.3 is 49.1 Å². The number of benzene rings is 1. The molecular weight excluding hydrogens is 528 g/mol. The van der Waals surface area contributed by atoms with Crippen LogP contribution in [0.3, 0.4) is 0 Å². The van der Waals surface area contributed by atoms with Gasteiger partial charge in [0.25, 0.3) is 0 Å². The maximum absolute atomic E-state index is 13.3. The number of amides is 4. The highest BCUT2D eigenvalue weighted by Gasteiger charge is 2.31. The molecule has 0 fully saturated rings. The second kappa shape index (κ2) is 17.0. The van der Waals surface area contributed by atoms with Crippen molar-refractivity contribution < 1.29 is 39.0 Å². The Morgan fingerprint density at radius 1 is 0.800 bits per heavy atom. The first-order valence-electron chi connectivity index (χ1n) is 12.3. The quantitative estimate of drug-likeness (QED) is 0.0488. The lowest BCUT2D eigenvalue weighted by molar-refractivity contribution is -0.144. The van der Waals surface area contributed by atoms with Gasteiger partial charge in [0.05, 0.1) is 12.5 Å². The van der Waals surface area contributed by atoms with Crippen molar-refractivity contribution in [2.45, 2.75) is 62.7 Å². The van der Waals surface area contributed by atoms with Crippen LogP contribution in [0.1, 0.15) is 37.7 Å². The Labute approximate surface area is 229 Å². The van der Waals surface area contributed by atoms with Crippen molar-refractivity contribution in [1.82, 2.24) is 16.0 Å². The topological polar surface area (TPSA) is 295 Å². The number of primary amides is 1. The second-order valence-electron chi connectivity index (χ2n) is 8.87. The van der Waals surface area contributed by atoms with Gasteiger partial charge in [0, 0.05) is 19.4 Å². The smallest absolute Gasteiger partial charge is 0.326 e. The molecule has 40 heavy (non-hydrogen) atoms. The number of carbonyl (C=O) groups excluding carboxylic acids is 4. The Hall–Kier alpha value is -4.73. The molecule has 4 atom stereocenters. The number of hydrogen-bond donors (Lipinski definition) is 9. The summed E-state index contributed by atoms with van der Waals surface area (Å²) < 4.78 is 0. The van der Waals surface area contributed by atoms with Crippen LogP contribution in [0.4, 0.5) is 0 Å². The van der Waals surface area contributed by atoms with Crippen LogP contribution in [0.25, 0.3) is 0 Å². The maximum Gasteiger partial charge on any atom is 0.326 e. The van der Waals surface area contributed by atoms with Crippen molar-refractivity contribution in [3.8, 4) is 0 Å². The lowest BCUT2D eigenvalue weighted by atomic mass is 10.0. The zero-order valence-electron chi connectivity index (χ0n) is 21.7. The Kier molecular flexibility index (Phi) is 14.1. The summed E-state index contributed by atoms with van der Waals surface area (Å²) in [7, 11) is 0. The average molecular weight is 565 g/mol. The molecule has 1 aromatic rings. The maximum atomic E-state index is 13.3. The van der Waals surface area contributed by atoms with Gasteiger partial charge in [-0.1, -0.05) is 30.3 Å². The SMILES string of the molecule is NC(=O)CC(NC(=O)C(CCCN=C(N)N)NC(=O)C(Cc1ccccc1)NC(=O)C(N)CCC(=O)O)C(=O)O. The number of nitrogens with zero attached hydrogens (tertiary/aromatic N) is 1. The molecule has 0 heterocycles. The fraction of sp³-hybridized carbons (Fsp3) is 0.458. The minimum atomic E-state index is -1.64. The standard InChI is InChI=1S/C24H36N8O8/c25-14(8-9-19(34)35)20(36)31-16(11-13-5-2-1-3-6-13)22(38)30-15(7-4-10-29-24(27)28)21(37)32-17(23(39)40)12-18(26)33/h1-3,5-6,14-17H,4,7-12,25H2,(H2,26,33)(H,30,38)(H,31,36)(H,32,37)(H,34,35)(H,39,40)(H4,27,28,29). The summed E-state index contributed by atoms with van der Waals surface area (Å²) in [4.78, 5) is 76.3. The third-order valence-corrected chi connectivity index (χ3v) is 5.52. The van der Waals surface area contributed by atoms with Gasteiger partial charge in [-0.15, -0.1) is 0 Å². The van der Waals surface area contributed by atoms with Crippen molar-refractivity contribution in [1.29, 1.82) is 0 Å². The summed E-state index contributed by atoms with van der Waals surface area (Å²) in [6.07, 6.45) is -1.07. The van der Waals surface area contributed by atoms with Gasteiger partial charge >= 0.3 is 11.9 Å². The molecule has 0 bridgehead atoms. The molecule has 16 nitrogen and oxygen atoms in total. The predicted octanol–water partition coefficient (Wildman–Crippen LogP) is -3.11. The van der Waals surface area contributed by atoms with E-state index in [2.05, 4.69) is 20.9 Å². The van der Waals surface area contributed by atoms with Gasteiger partial charge in [-0.3, -0.25) is 29.0 Å². The van der Waals surface area contributed by atoms with Crippen molar-refractivity contribution in [2.24, 2.45) is 27.9 Å². The molecule has 1 rings (SSSR count). The lowest BCUT2D eigenvalue weighted by Crippen LogP contribution is -2.57. The largest absolute Gasteiger partial charge is 0.481 e. The van der Waals surface area contributed by atoms with Crippen molar-refractivity contribution in [3.05, 3.63) is 35.9 Å². The Morgan fingerprint density at radius 2 is 1.38 bits per heavy atom. The van der Waals surface area contributed by atoms with E-state index in [1.165, 1.54) is 0 Å². The highest BCUT2D eigenvalue weighted by Crippen LogP contribution is 2.07. The molecule has 0 aliphatic rings. The van der Waals surface area contributed by atoms with Crippen LogP contribution in [-0.4, -0.2) is 82.5 Å². The average Bonchev–Trinajstić information content (AvgIpc) is 2.87. The molecule has 4 amide bonds. The zero-order chi connectivity index (χ0) is 30.2. The molecule has 0 radical (unpaired) electrons. The second-order valence-corrected chi connectivity index (χ2v) is 8.87. The van der Waals surface area contributed by atoms with Crippen molar-refractivity contribution >= 4 is 41.5 Å². The molecule has 220 valence electrons. The first-order chi connectivity index (χ1) is 18.8. The Balaban J connectivity index is 3.15. The van der Waals surface area contributed by atoms with Crippen LogP contribution in [0.5, 0.6) is 0 Å². The highest BCUT2D eigenvalue weighted by molar-refractivity contribution is 5.95. The van der Waals surface area contributed by atoms with Gasteiger partial charge in [-0.05, 0) is 24.8 Å². The third-order valence-electron chi connectivity index (χ3n) is 5.52. The molecule has 16 heteroatoms. The number of carboxylic acid groups (broad SMARTS) is 2. The summed E-state index contributed by atoms with van der Waals surface area (Å²) in [5, 5.41) is 25.4. The first kappa shape index (κ1) is 33.3. The molecule has 1 aromatic carbocycles. The van der Waals surface area contributed by atoms with Gasteiger partial charge in [0.2, 0.25) is 23.6 Å². The van der Waals surface area contributed by atoms with E-state index in [0.717, 1.165) is 0 Å². The van der Waals surface area contributed by atoms with Gasteiger partial charge in [-0.2, -0.15) is 0 Å². The molecular formula is C24H36N8O8. The van der Waals surface area contributed by atoms with Gasteiger partial charge in [0.15, 0.2) is 5.96 Å². The zero-order valence-corrected chi connectivity index (χ0v) is 21.7. The van der Waals surface area contributed by atoms with Crippen LogP contribution in [-0.2, 0) is 35.2 Å². The minimum Gasteiger partial charge on any atom is -0.481 e. The molecule has 0 saturated carbocycles. The van der Waals surface area contributed by atoms with Crippen LogP contribution in [0.2, 0.25) is 0 Å². The number of guanidine groups is 1. The molecule has 0 saturated heterocycles. The van der Waals surface area contributed by atoms with E-state index in [-0.39, 0.29) is 44.6 Å². The number of nitrogens with one attached hydrogen (secondary N) is 3. The van der Waals surface area contributed by atoms with Crippen LogP contribution in [0.15, 0.2) is 35.3 Å². The number of carboxylic acids is 2. The fourth-order valence-electron chi connectivity index (χ4n) is 3.47. The summed E-state index contributed by atoms with van der Waals surface area (Å²) in [6.45, 7) is 0.0915. The van der Waals surface area contributed by atoms with E-state index in [9.17, 15) is 33.9 Å². The summed E-state index contributed by atoms with van der Waals surface area (Å²) in [5.74, 6) is -6.32. The molecule has 0 spiro atoms. The van der Waals surface area contributed by atoms with Gasteiger partial charge in [0.1, 0.15) is 18.1 Å². The number of hydrogen-bond acceptors (Lipinski definition) is 8. The minimum absolute atomic E-state index is 0.00811. The van der Waals surface area contributed by atoms with Crippen molar-refractivity contribution in [2.75, 3.05) is 6.54 Å². The Morgan fingerprint density at radius 3 is 1.93 bits per heavy atom. The van der Waals surface area contributed by atoms with E-state index in [0.29, 0.717) is 5.56 Å². The van der Waals surface area contributed by atoms with E-state index < -0.39 is 66.2 Å². The van der Waals surface area contributed by atoms with Crippen LogP contribution in [0, 0.1) is 0 Å². The third kappa shape index (κ3) is 13.2. The van der Waals surface area contributed by atoms with Crippen LogP contribution < -0.4 is 38.9 Å². The Bertz CT molecular complexity index is 1080. The number of aliphatic imine (C=N–C) groups is 1. The van der Waals surface area contributed by atoms with Crippen molar-refractivity contribution in [3.63, 3.8) is 0 Å². The predicted molar refractivity (Wildman–Crippen MR) is 142 cm³/mol. The number of rotatable bonds is 18. The summed E-state index contributed by atoms with van der Waals surface area (Å²) >= 11 is 0. The summed E-state index contributed by atoms with van der Waals surface area (Å²) in [6, 6.07) is 3.19. The highest BCUT2D eigenvalue weighted by atomic mass is 16.4. The van der Waals surface area contributed by atoms with Gasteiger partial charge in [-0.25, -0.2) is 4.79 Å².